The fourth-order valence-electron chi connectivity index (χ4n) is 2.53. The number of carbonyl (C=O) groups is 1. The Hall–Kier alpha value is -2.71. The zero-order chi connectivity index (χ0) is 20.6. The first-order valence-corrected chi connectivity index (χ1v) is 10.3. The van der Waals surface area contributed by atoms with E-state index in [9.17, 15) is 4.79 Å². The highest BCUT2D eigenvalue weighted by Gasteiger charge is 2.14. The average molecular weight is 433 g/mol. The molecule has 0 spiro atoms. The number of ether oxygens (including phenoxy) is 2. The molecule has 0 fully saturated rings. The Morgan fingerprint density at radius 1 is 1.10 bits per heavy atom. The molecule has 29 heavy (non-hydrogen) atoms. The van der Waals surface area contributed by atoms with Crippen molar-refractivity contribution < 1.29 is 14.3 Å². The van der Waals surface area contributed by atoms with E-state index in [-0.39, 0.29) is 18.3 Å². The number of aromatic nitrogens is 3. The topological polar surface area (TPSA) is 78.3 Å². The van der Waals surface area contributed by atoms with Crippen LogP contribution in [0.4, 0.5) is 5.69 Å². The van der Waals surface area contributed by atoms with Gasteiger partial charge in [0.2, 0.25) is 5.91 Å². The molecule has 0 radical (unpaired) electrons. The van der Waals surface area contributed by atoms with E-state index in [1.807, 2.05) is 35.8 Å². The largest absolute Gasteiger partial charge is 0.497 e. The summed E-state index contributed by atoms with van der Waals surface area (Å²) in [4.78, 5) is 12.2. The van der Waals surface area contributed by atoms with Crippen LogP contribution in [-0.2, 0) is 17.9 Å². The Kier molecular flexibility index (Phi) is 7.37. The first kappa shape index (κ1) is 21.0. The van der Waals surface area contributed by atoms with Gasteiger partial charge in [0, 0.05) is 17.3 Å². The van der Waals surface area contributed by atoms with Gasteiger partial charge >= 0.3 is 0 Å². The maximum absolute atomic E-state index is 12.2. The van der Waals surface area contributed by atoms with Crippen LogP contribution in [0.15, 0.2) is 53.7 Å². The summed E-state index contributed by atoms with van der Waals surface area (Å²) in [5, 5.41) is 12.5. The summed E-state index contributed by atoms with van der Waals surface area (Å²) in [6.07, 6.45) is 0. The van der Waals surface area contributed by atoms with E-state index < -0.39 is 0 Å². The van der Waals surface area contributed by atoms with Crippen LogP contribution in [-0.4, -0.2) is 33.5 Å². The van der Waals surface area contributed by atoms with Crippen LogP contribution in [0.2, 0.25) is 5.02 Å². The minimum absolute atomic E-state index is 0.126. The van der Waals surface area contributed by atoms with E-state index in [1.165, 1.54) is 11.8 Å². The molecule has 0 bridgehead atoms. The predicted molar refractivity (Wildman–Crippen MR) is 114 cm³/mol. The van der Waals surface area contributed by atoms with Crippen molar-refractivity contribution in [2.75, 3.05) is 18.2 Å². The number of rotatable bonds is 9. The molecular weight excluding hydrogens is 412 g/mol. The zero-order valence-electron chi connectivity index (χ0n) is 16.1. The standard InChI is InChI=1S/C20H21ClN4O3S/c1-3-25-18(12-28-17-10-8-16(27-2)9-11-17)23-24-20(25)29-13-19(26)22-15-6-4-14(21)5-7-15/h4-11H,3,12-13H2,1-2H3,(H,22,26). The number of nitrogens with zero attached hydrogens (tertiary/aromatic N) is 3. The number of methoxy groups -OCH3 is 1. The maximum Gasteiger partial charge on any atom is 0.234 e. The Labute approximate surface area is 178 Å². The summed E-state index contributed by atoms with van der Waals surface area (Å²) in [6.45, 7) is 2.96. The summed E-state index contributed by atoms with van der Waals surface area (Å²) in [7, 11) is 1.62. The lowest BCUT2D eigenvalue weighted by molar-refractivity contribution is -0.113. The minimum atomic E-state index is -0.126. The summed E-state index contributed by atoms with van der Waals surface area (Å²) < 4.78 is 12.9. The van der Waals surface area contributed by atoms with Gasteiger partial charge in [-0.3, -0.25) is 4.79 Å². The molecule has 0 aliphatic heterocycles. The second kappa shape index (κ2) is 10.2. The van der Waals surface area contributed by atoms with Crippen LogP contribution in [0.1, 0.15) is 12.7 Å². The number of carbonyl (C=O) groups excluding carboxylic acids is 1. The van der Waals surface area contributed by atoms with Gasteiger partial charge in [0.1, 0.15) is 18.1 Å². The Balaban J connectivity index is 1.55. The zero-order valence-corrected chi connectivity index (χ0v) is 17.7. The normalized spacial score (nSPS) is 10.6. The molecular formula is C20H21ClN4O3S. The van der Waals surface area contributed by atoms with Gasteiger partial charge < -0.3 is 19.4 Å². The fourth-order valence-corrected chi connectivity index (χ4v) is 3.48. The van der Waals surface area contributed by atoms with E-state index in [0.29, 0.717) is 34.0 Å². The van der Waals surface area contributed by atoms with Gasteiger partial charge in [0.25, 0.3) is 0 Å². The molecule has 9 heteroatoms. The Morgan fingerprint density at radius 3 is 2.45 bits per heavy atom. The minimum Gasteiger partial charge on any atom is -0.497 e. The summed E-state index contributed by atoms with van der Waals surface area (Å²) in [5.41, 5.74) is 0.700. The van der Waals surface area contributed by atoms with Gasteiger partial charge in [-0.25, -0.2) is 0 Å². The molecule has 3 rings (SSSR count). The van der Waals surface area contributed by atoms with Crippen LogP contribution >= 0.6 is 23.4 Å². The number of benzene rings is 2. The molecule has 0 unspecified atom stereocenters. The summed E-state index contributed by atoms with van der Waals surface area (Å²) in [6, 6.07) is 14.3. The molecule has 0 aliphatic carbocycles. The van der Waals surface area contributed by atoms with Gasteiger partial charge in [-0.05, 0) is 55.5 Å². The van der Waals surface area contributed by atoms with Crippen LogP contribution in [0, 0.1) is 0 Å². The van der Waals surface area contributed by atoms with Crippen LogP contribution in [0.5, 0.6) is 11.5 Å². The van der Waals surface area contributed by atoms with Crippen molar-refractivity contribution in [3.05, 3.63) is 59.4 Å². The van der Waals surface area contributed by atoms with Crippen molar-refractivity contribution in [1.29, 1.82) is 0 Å². The third kappa shape index (κ3) is 5.88. The lowest BCUT2D eigenvalue weighted by atomic mass is 10.3. The van der Waals surface area contributed by atoms with Crippen molar-refractivity contribution in [2.45, 2.75) is 25.2 Å². The van der Waals surface area contributed by atoms with E-state index in [4.69, 9.17) is 21.1 Å². The van der Waals surface area contributed by atoms with Crippen LogP contribution in [0.25, 0.3) is 0 Å². The molecule has 1 amide bonds. The summed E-state index contributed by atoms with van der Waals surface area (Å²) >= 11 is 7.18. The van der Waals surface area contributed by atoms with E-state index in [0.717, 1.165) is 5.75 Å². The van der Waals surface area contributed by atoms with Crippen molar-refractivity contribution in [2.24, 2.45) is 0 Å². The molecule has 152 valence electrons. The number of hydrogen-bond acceptors (Lipinski definition) is 6. The van der Waals surface area contributed by atoms with Crippen molar-refractivity contribution in [3.8, 4) is 11.5 Å². The highest BCUT2D eigenvalue weighted by molar-refractivity contribution is 7.99. The van der Waals surface area contributed by atoms with Crippen LogP contribution in [0.3, 0.4) is 0 Å². The maximum atomic E-state index is 12.2. The number of halogens is 1. The highest BCUT2D eigenvalue weighted by Crippen LogP contribution is 2.21. The molecule has 7 nitrogen and oxygen atoms in total. The van der Waals surface area contributed by atoms with Crippen molar-refractivity contribution >= 4 is 35.0 Å². The first-order chi connectivity index (χ1) is 14.1. The predicted octanol–water partition coefficient (Wildman–Crippen LogP) is 4.27. The molecule has 0 saturated carbocycles. The van der Waals surface area contributed by atoms with E-state index in [2.05, 4.69) is 15.5 Å². The number of anilines is 1. The van der Waals surface area contributed by atoms with E-state index in [1.54, 1.807) is 31.4 Å². The first-order valence-electron chi connectivity index (χ1n) is 8.96. The monoisotopic (exact) mass is 432 g/mol. The number of amides is 1. The second-order valence-electron chi connectivity index (χ2n) is 5.95. The lowest BCUT2D eigenvalue weighted by Gasteiger charge is -2.09. The van der Waals surface area contributed by atoms with Gasteiger partial charge in [0.15, 0.2) is 11.0 Å². The number of thioether (sulfide) groups is 1. The number of nitrogens with one attached hydrogen (secondary N) is 1. The lowest BCUT2D eigenvalue weighted by Crippen LogP contribution is -2.14. The molecule has 1 N–H and O–H groups in total. The van der Waals surface area contributed by atoms with Crippen molar-refractivity contribution in [3.63, 3.8) is 0 Å². The van der Waals surface area contributed by atoms with Crippen molar-refractivity contribution in [1.82, 2.24) is 14.8 Å². The molecule has 3 aromatic rings. The SMILES string of the molecule is CCn1c(COc2ccc(OC)cc2)nnc1SCC(=O)Nc1ccc(Cl)cc1. The molecule has 0 saturated heterocycles. The molecule has 0 atom stereocenters. The van der Waals surface area contributed by atoms with Gasteiger partial charge in [-0.15, -0.1) is 10.2 Å². The second-order valence-corrected chi connectivity index (χ2v) is 7.33. The smallest absolute Gasteiger partial charge is 0.234 e. The fraction of sp³-hybridized carbons (Fsp3) is 0.250. The Bertz CT molecular complexity index is 945. The van der Waals surface area contributed by atoms with E-state index >= 15 is 0 Å². The van der Waals surface area contributed by atoms with Gasteiger partial charge in [-0.2, -0.15) is 0 Å². The Morgan fingerprint density at radius 2 is 1.79 bits per heavy atom. The third-order valence-corrected chi connectivity index (χ3v) is 5.22. The molecule has 1 aromatic heterocycles. The number of hydrogen-bond donors (Lipinski definition) is 1. The third-order valence-electron chi connectivity index (χ3n) is 4.00. The average Bonchev–Trinajstić information content (AvgIpc) is 3.14. The molecule has 1 heterocycles. The van der Waals surface area contributed by atoms with Gasteiger partial charge in [0.05, 0.1) is 12.9 Å². The summed E-state index contributed by atoms with van der Waals surface area (Å²) in [5.74, 6) is 2.28. The highest BCUT2D eigenvalue weighted by atomic mass is 35.5. The molecule has 0 aliphatic rings. The quantitative estimate of drug-likeness (QED) is 0.509. The van der Waals surface area contributed by atoms with Gasteiger partial charge in [-0.1, -0.05) is 23.4 Å². The molecule has 2 aromatic carbocycles. The van der Waals surface area contributed by atoms with Crippen LogP contribution < -0.4 is 14.8 Å².